The van der Waals surface area contributed by atoms with Crippen LogP contribution in [0.4, 0.5) is 0 Å². The topological polar surface area (TPSA) is 74.8 Å². The summed E-state index contributed by atoms with van der Waals surface area (Å²) in [6.07, 6.45) is 7.82. The van der Waals surface area contributed by atoms with Crippen LogP contribution in [0.5, 0.6) is 0 Å². The molecule has 0 aliphatic carbocycles. The van der Waals surface area contributed by atoms with Gasteiger partial charge in [-0.15, -0.1) is 68.0 Å². The number of fused-ring (bicyclic) bond motifs is 2. The van der Waals surface area contributed by atoms with E-state index in [1.807, 2.05) is 12.1 Å². The summed E-state index contributed by atoms with van der Waals surface area (Å²) in [7, 11) is 0. The number of benzene rings is 5. The first-order valence-corrected chi connectivity index (χ1v) is 31.7. The van der Waals surface area contributed by atoms with Crippen LogP contribution in [0.1, 0.15) is 120 Å². The fourth-order valence-corrected chi connectivity index (χ4v) is 17.8. The second kappa shape index (κ2) is 20.0. The summed E-state index contributed by atoms with van der Waals surface area (Å²) >= 11 is 10.4. The van der Waals surface area contributed by atoms with E-state index in [1.165, 1.54) is 39.1 Å². The lowest BCUT2D eigenvalue weighted by molar-refractivity contribution is 0.0565. The highest BCUT2D eigenvalue weighted by molar-refractivity contribution is 7.28. The highest BCUT2D eigenvalue weighted by Gasteiger charge is 2.40. The van der Waals surface area contributed by atoms with E-state index in [2.05, 4.69) is 136 Å². The zero-order chi connectivity index (χ0) is 51.9. The van der Waals surface area contributed by atoms with Crippen molar-refractivity contribution in [3.8, 4) is 59.9 Å². The van der Waals surface area contributed by atoms with Gasteiger partial charge in [0.2, 0.25) is 0 Å². The Morgan fingerprint density at radius 3 is 1.08 bits per heavy atom. The average Bonchev–Trinajstić information content (AvgIpc) is 4.34. The van der Waals surface area contributed by atoms with Crippen LogP contribution >= 0.6 is 68.0 Å². The summed E-state index contributed by atoms with van der Waals surface area (Å²) < 4.78 is 0. The Morgan fingerprint density at radius 1 is 0.368 bits per heavy atom. The molecule has 5 aromatic carbocycles. The van der Waals surface area contributed by atoms with Crippen LogP contribution < -0.4 is 0 Å². The van der Waals surface area contributed by atoms with Crippen LogP contribution in [-0.2, 0) is 0 Å². The minimum Gasteiger partial charge on any atom is -0.274 e. The fraction of sp³-hybridized carbons (Fsp3) is 0.250. The highest BCUT2D eigenvalue weighted by Crippen LogP contribution is 2.54. The molecule has 76 heavy (non-hydrogen) atoms. The molecule has 0 N–H and O–H groups in total. The van der Waals surface area contributed by atoms with E-state index in [1.54, 1.807) is 68.0 Å². The van der Waals surface area contributed by atoms with Crippen molar-refractivity contribution in [3.63, 3.8) is 0 Å². The van der Waals surface area contributed by atoms with Crippen LogP contribution in [0.2, 0.25) is 0 Å². The Balaban J connectivity index is 1.08. The van der Waals surface area contributed by atoms with Crippen LogP contribution in [0.15, 0.2) is 120 Å². The average molecular weight is 1110 g/mol. The first-order valence-electron chi connectivity index (χ1n) is 26.7. The third-order valence-electron chi connectivity index (χ3n) is 15.9. The van der Waals surface area contributed by atoms with E-state index >= 15 is 19.2 Å². The Labute approximate surface area is 466 Å². The SMILES string of the molecule is CCCCC(CC)CN1C(=O)c2ccc3c4c(-c5ccc(-c6ccc(-c7cccs7)s6)s5)cc5c6c(ccc(c7c(-c8ccc(-c9ccc(-c%10cccs%10)s9)s8)cc(c2c37)C1=O)c64)C(=O)N(CC(CC)CCCC)C5=O. The van der Waals surface area contributed by atoms with Crippen LogP contribution in [0.25, 0.3) is 103 Å². The number of hydrogen-bond acceptors (Lipinski definition) is 10. The Bertz CT molecular complexity index is 3810. The maximum Gasteiger partial charge on any atom is 0.261 e. The third-order valence-corrected chi connectivity index (χ3v) is 22.9. The number of carbonyl (C=O) groups excluding carboxylic acids is 4. The van der Waals surface area contributed by atoms with E-state index in [4.69, 9.17) is 0 Å². The predicted molar refractivity (Wildman–Crippen MR) is 325 cm³/mol. The van der Waals surface area contributed by atoms with Crippen molar-refractivity contribution in [3.05, 3.63) is 142 Å². The maximum atomic E-state index is 15.4. The van der Waals surface area contributed by atoms with E-state index < -0.39 is 0 Å². The van der Waals surface area contributed by atoms with Gasteiger partial charge in [-0.25, -0.2) is 0 Å². The fourth-order valence-electron chi connectivity index (χ4n) is 11.9. The molecule has 0 bridgehead atoms. The minimum absolute atomic E-state index is 0.193. The second-order valence-corrected chi connectivity index (χ2v) is 26.6. The number of amides is 4. The molecule has 0 saturated heterocycles. The van der Waals surface area contributed by atoms with E-state index in [0.29, 0.717) is 46.1 Å². The molecule has 13 rings (SSSR count). The zero-order valence-corrected chi connectivity index (χ0v) is 47.6. The first kappa shape index (κ1) is 49.5. The van der Waals surface area contributed by atoms with Gasteiger partial charge >= 0.3 is 0 Å². The standard InChI is InChI=1S/C64H54N2O4S6/c1-5-9-13-35(7-3)33-65-61(67)39-19-17-37-56-42(46-22-24-52(74-46)54-28-26-50(76-54)48-16-12-30-72-48)32-44-58-40(62(68)66(64(44)70)34-36(8-4)14-10-6-2)20-18-38(60(56)58)55-41(31-43(63(65)69)57(39)59(37)55)45-21-23-51(73-45)53-27-25-49(75-53)47-15-11-29-71-47/h11-12,15-32,35-36H,5-10,13-14,33-34H2,1-4H3. The molecular formula is C64H54N2O4S6. The Hall–Kier alpha value is -6.12. The van der Waals surface area contributed by atoms with Gasteiger partial charge in [-0.3, -0.25) is 29.0 Å². The largest absolute Gasteiger partial charge is 0.274 e. The Morgan fingerprint density at radius 2 is 0.724 bits per heavy atom. The summed E-state index contributed by atoms with van der Waals surface area (Å²) in [6, 6.07) is 38.2. The molecule has 380 valence electrons. The lowest BCUT2D eigenvalue weighted by Crippen LogP contribution is -2.43. The molecule has 6 nitrogen and oxygen atoms in total. The lowest BCUT2D eigenvalue weighted by atomic mass is 9.79. The maximum absolute atomic E-state index is 15.4. The summed E-state index contributed by atoms with van der Waals surface area (Å²) in [5, 5.41) is 10.9. The van der Waals surface area contributed by atoms with E-state index in [0.717, 1.165) is 114 Å². The number of imide groups is 2. The van der Waals surface area contributed by atoms with Gasteiger partial charge in [0, 0.05) is 106 Å². The number of unbranched alkanes of at least 4 members (excludes halogenated alkanes) is 2. The minimum atomic E-state index is -0.259. The van der Waals surface area contributed by atoms with Gasteiger partial charge in [-0.2, -0.15) is 0 Å². The summed E-state index contributed by atoms with van der Waals surface area (Å²) in [6.45, 7) is 9.41. The molecule has 6 aromatic heterocycles. The van der Waals surface area contributed by atoms with Crippen molar-refractivity contribution >= 4 is 135 Å². The molecule has 8 heterocycles. The molecule has 0 fully saturated rings. The number of nitrogens with zero attached hydrogens (tertiary/aromatic N) is 2. The third kappa shape index (κ3) is 8.08. The van der Waals surface area contributed by atoms with Crippen molar-refractivity contribution in [2.24, 2.45) is 11.8 Å². The van der Waals surface area contributed by atoms with Gasteiger partial charge < -0.3 is 0 Å². The van der Waals surface area contributed by atoms with Crippen LogP contribution in [-0.4, -0.2) is 46.5 Å². The van der Waals surface area contributed by atoms with Gasteiger partial charge in [0.25, 0.3) is 23.6 Å². The molecule has 2 aliphatic heterocycles. The molecule has 0 spiro atoms. The molecular weight excluding hydrogens is 1050 g/mol. The highest BCUT2D eigenvalue weighted by atomic mass is 32.1. The van der Waals surface area contributed by atoms with Crippen molar-refractivity contribution in [1.29, 1.82) is 0 Å². The normalized spacial score (nSPS) is 14.5. The number of hydrogen-bond donors (Lipinski definition) is 0. The van der Waals surface area contributed by atoms with Gasteiger partial charge in [0.15, 0.2) is 0 Å². The summed E-state index contributed by atoms with van der Waals surface area (Å²) in [4.78, 5) is 75.3. The van der Waals surface area contributed by atoms with Crippen LogP contribution in [0.3, 0.4) is 0 Å². The summed E-state index contributed by atoms with van der Waals surface area (Å²) in [5.74, 6) is -0.645. The van der Waals surface area contributed by atoms with Crippen molar-refractivity contribution < 1.29 is 19.2 Å². The molecule has 0 saturated carbocycles. The smallest absolute Gasteiger partial charge is 0.261 e. The number of rotatable bonds is 18. The molecule has 11 aromatic rings. The van der Waals surface area contributed by atoms with Crippen molar-refractivity contribution in [2.75, 3.05) is 13.1 Å². The van der Waals surface area contributed by atoms with Gasteiger partial charge in [-0.05, 0) is 153 Å². The zero-order valence-electron chi connectivity index (χ0n) is 42.7. The Kier molecular flexibility index (Phi) is 13.0. The van der Waals surface area contributed by atoms with E-state index in [9.17, 15) is 0 Å². The molecule has 2 atom stereocenters. The predicted octanol–water partition coefficient (Wildman–Crippen LogP) is 19.7. The number of thiophene rings is 6. The second-order valence-electron chi connectivity index (χ2n) is 20.4. The molecule has 0 radical (unpaired) electrons. The van der Waals surface area contributed by atoms with Gasteiger partial charge in [0.05, 0.1) is 0 Å². The monoisotopic (exact) mass is 1110 g/mol. The van der Waals surface area contributed by atoms with Crippen molar-refractivity contribution in [2.45, 2.75) is 79.1 Å². The lowest BCUT2D eigenvalue weighted by Gasteiger charge is -2.33. The van der Waals surface area contributed by atoms with E-state index in [-0.39, 0.29) is 35.5 Å². The quantitative estimate of drug-likeness (QED) is 0.0487. The first-order chi connectivity index (χ1) is 37.2. The van der Waals surface area contributed by atoms with Gasteiger partial charge in [-0.1, -0.05) is 90.5 Å². The molecule has 2 aliphatic rings. The summed E-state index contributed by atoms with van der Waals surface area (Å²) in [5.41, 5.74) is 3.92. The van der Waals surface area contributed by atoms with Crippen molar-refractivity contribution in [1.82, 2.24) is 9.80 Å². The molecule has 2 unspecified atom stereocenters. The molecule has 12 heteroatoms. The molecule has 4 amide bonds. The van der Waals surface area contributed by atoms with Gasteiger partial charge in [0.1, 0.15) is 0 Å². The number of carbonyl (C=O) groups is 4. The van der Waals surface area contributed by atoms with Crippen LogP contribution in [0, 0.1) is 11.8 Å².